The number of ether oxygens (including phenoxy) is 1. The molecule has 32 heavy (non-hydrogen) atoms. The van der Waals surface area contributed by atoms with Crippen LogP contribution < -0.4 is 9.64 Å². The number of nitrogens with zero attached hydrogens (tertiary/aromatic N) is 4. The fourth-order valence-electron chi connectivity index (χ4n) is 4.05. The predicted molar refractivity (Wildman–Crippen MR) is 135 cm³/mol. The van der Waals surface area contributed by atoms with Gasteiger partial charge in [0.25, 0.3) is 0 Å². The van der Waals surface area contributed by atoms with Gasteiger partial charge in [-0.3, -0.25) is 0 Å². The van der Waals surface area contributed by atoms with Gasteiger partial charge in [-0.05, 0) is 61.4 Å². The lowest BCUT2D eigenvalue weighted by Gasteiger charge is -2.22. The van der Waals surface area contributed by atoms with Crippen molar-refractivity contribution in [2.24, 2.45) is 0 Å². The van der Waals surface area contributed by atoms with Gasteiger partial charge in [-0.15, -0.1) is 0 Å². The largest absolute Gasteiger partial charge is 0.496 e. The van der Waals surface area contributed by atoms with Crippen molar-refractivity contribution < 1.29 is 9.31 Å². The van der Waals surface area contributed by atoms with Crippen LogP contribution in [0.15, 0.2) is 66.3 Å². The molecule has 0 aliphatic heterocycles. The molecule has 1 heterocycles. The fourth-order valence-corrected chi connectivity index (χ4v) is 4.60. The van der Waals surface area contributed by atoms with Crippen LogP contribution in [0, 0.1) is 0 Å². The lowest BCUT2D eigenvalue weighted by Crippen LogP contribution is -2.21. The average Bonchev–Trinajstić information content (AvgIpc) is 3.30. The molecule has 6 heteroatoms. The van der Waals surface area contributed by atoms with Gasteiger partial charge in [0.1, 0.15) is 30.9 Å². The number of allylic oxidation sites excluding steroid dienone is 5. The van der Waals surface area contributed by atoms with E-state index in [1.165, 1.54) is 17.4 Å². The number of fused-ring (bicyclic) bond motifs is 1. The maximum absolute atomic E-state index is 5.81. The Bertz CT molecular complexity index is 1220. The first kappa shape index (κ1) is 22.0. The van der Waals surface area contributed by atoms with Gasteiger partial charge < -0.3 is 9.64 Å². The van der Waals surface area contributed by atoms with Crippen LogP contribution in [0.2, 0.25) is 0 Å². The van der Waals surface area contributed by atoms with Crippen LogP contribution in [0.3, 0.4) is 0 Å². The zero-order chi connectivity index (χ0) is 22.7. The molecule has 0 bridgehead atoms. The summed E-state index contributed by atoms with van der Waals surface area (Å²) >= 11 is 1.23. The van der Waals surface area contributed by atoms with Crippen LogP contribution in [0.25, 0.3) is 16.6 Å². The molecule has 0 saturated carbocycles. The Morgan fingerprint density at radius 3 is 2.22 bits per heavy atom. The number of hydrogen-bond donors (Lipinski definition) is 0. The second kappa shape index (κ2) is 9.49. The Morgan fingerprint density at radius 1 is 0.938 bits per heavy atom. The molecule has 2 aromatic carbocycles. The molecule has 1 aliphatic rings. The molecular formula is C26H29N4OS+. The molecule has 0 fully saturated rings. The number of hydrogen-bond acceptors (Lipinski definition) is 5. The maximum Gasteiger partial charge on any atom is 0.199 e. The molecular weight excluding hydrogens is 416 g/mol. The minimum atomic E-state index is 0.796. The summed E-state index contributed by atoms with van der Waals surface area (Å²) in [7, 11) is 5.81. The first-order chi connectivity index (χ1) is 15.6. The van der Waals surface area contributed by atoms with Crippen LogP contribution in [0.1, 0.15) is 25.0 Å². The van der Waals surface area contributed by atoms with Crippen LogP contribution in [0.4, 0.5) is 5.69 Å². The van der Waals surface area contributed by atoms with Gasteiger partial charge >= 0.3 is 0 Å². The van der Waals surface area contributed by atoms with Gasteiger partial charge in [0.2, 0.25) is 0 Å². The molecule has 1 aromatic heterocycles. The van der Waals surface area contributed by atoms with Crippen molar-refractivity contribution in [1.29, 1.82) is 0 Å². The number of benzene rings is 2. The third kappa shape index (κ3) is 4.10. The van der Waals surface area contributed by atoms with Crippen molar-refractivity contribution in [2.45, 2.75) is 13.8 Å². The normalized spacial score (nSPS) is 13.0. The lowest BCUT2D eigenvalue weighted by molar-refractivity contribution is -0.462. The molecule has 164 valence electrons. The maximum atomic E-state index is 5.81. The van der Waals surface area contributed by atoms with E-state index < -0.39 is 0 Å². The lowest BCUT2D eigenvalue weighted by atomic mass is 9.89. The van der Waals surface area contributed by atoms with Crippen LogP contribution >= 0.6 is 11.7 Å². The zero-order valence-electron chi connectivity index (χ0n) is 19.3. The monoisotopic (exact) mass is 445 g/mol. The van der Waals surface area contributed by atoms with E-state index in [1.807, 2.05) is 12.1 Å². The van der Waals surface area contributed by atoms with E-state index in [4.69, 9.17) is 4.74 Å². The highest BCUT2D eigenvalue weighted by atomic mass is 32.1. The minimum absolute atomic E-state index is 0.796. The van der Waals surface area contributed by atoms with Gasteiger partial charge in [-0.1, -0.05) is 12.1 Å². The van der Waals surface area contributed by atoms with Gasteiger partial charge in [-0.25, -0.2) is 4.58 Å². The molecule has 0 radical (unpaired) electrons. The Labute approximate surface area is 194 Å². The SMILES string of the molecule is CCN(CC)c1ccc(C(=C2C=CC(=[N+](C)C)C=C2)c2c(OC)ccc3nsnc23)cc1. The van der Waals surface area contributed by atoms with E-state index in [9.17, 15) is 0 Å². The smallest absolute Gasteiger partial charge is 0.199 e. The second-order valence-corrected chi connectivity index (χ2v) is 8.34. The molecule has 1 aliphatic carbocycles. The topological polar surface area (TPSA) is 41.3 Å². The Balaban J connectivity index is 1.96. The minimum Gasteiger partial charge on any atom is -0.496 e. The van der Waals surface area contributed by atoms with Crippen molar-refractivity contribution in [3.05, 3.63) is 77.4 Å². The zero-order valence-corrected chi connectivity index (χ0v) is 20.1. The number of anilines is 1. The van der Waals surface area contributed by atoms with Crippen molar-refractivity contribution in [1.82, 2.24) is 8.75 Å². The summed E-state index contributed by atoms with van der Waals surface area (Å²) in [5.41, 5.74) is 8.44. The Morgan fingerprint density at radius 2 is 1.62 bits per heavy atom. The Kier molecular flexibility index (Phi) is 6.51. The van der Waals surface area contributed by atoms with E-state index in [0.717, 1.165) is 57.9 Å². The molecule has 0 N–H and O–H groups in total. The standard InChI is InChI=1S/C26H29N4OS/c1-6-30(7-2)21-14-10-19(11-15-21)24(18-8-12-20(13-9-18)29(3)4)25-23(31-5)17-16-22-26(25)28-32-27-22/h8-17H,6-7H2,1-5H3/q+1. The summed E-state index contributed by atoms with van der Waals surface area (Å²) in [5.74, 6) is 0.796. The summed E-state index contributed by atoms with van der Waals surface area (Å²) in [4.78, 5) is 2.35. The van der Waals surface area contributed by atoms with Gasteiger partial charge in [0.15, 0.2) is 5.71 Å². The summed E-state index contributed by atoms with van der Waals surface area (Å²) < 4.78 is 17.0. The van der Waals surface area contributed by atoms with Crippen molar-refractivity contribution in [3.8, 4) is 5.75 Å². The third-order valence-corrected chi connectivity index (χ3v) is 6.36. The van der Waals surface area contributed by atoms with Gasteiger partial charge in [-0.2, -0.15) is 8.75 Å². The van der Waals surface area contributed by atoms with Crippen LogP contribution in [-0.2, 0) is 0 Å². The number of aromatic nitrogens is 2. The van der Waals surface area contributed by atoms with Crippen LogP contribution in [0.5, 0.6) is 5.75 Å². The average molecular weight is 446 g/mol. The van der Waals surface area contributed by atoms with Crippen molar-refractivity contribution in [2.75, 3.05) is 39.2 Å². The van der Waals surface area contributed by atoms with E-state index in [1.54, 1.807) is 7.11 Å². The quantitative estimate of drug-likeness (QED) is 0.490. The number of methoxy groups -OCH3 is 1. The second-order valence-electron chi connectivity index (χ2n) is 7.81. The predicted octanol–water partition coefficient (Wildman–Crippen LogP) is 5.19. The molecule has 0 spiro atoms. The van der Waals surface area contributed by atoms with E-state index in [0.29, 0.717) is 0 Å². The fraction of sp³-hybridized carbons (Fsp3) is 0.269. The van der Waals surface area contributed by atoms with Gasteiger partial charge in [0.05, 0.1) is 24.4 Å². The van der Waals surface area contributed by atoms with Crippen molar-refractivity contribution >= 4 is 39.7 Å². The molecule has 0 atom stereocenters. The van der Waals surface area contributed by atoms with Crippen LogP contribution in [-0.4, -0.2) is 53.3 Å². The molecule has 0 unspecified atom stereocenters. The summed E-state index contributed by atoms with van der Waals surface area (Å²) in [6.45, 7) is 6.33. The highest BCUT2D eigenvalue weighted by molar-refractivity contribution is 7.00. The first-order valence-corrected chi connectivity index (χ1v) is 11.6. The highest BCUT2D eigenvalue weighted by Crippen LogP contribution is 2.39. The third-order valence-electron chi connectivity index (χ3n) is 5.82. The number of rotatable bonds is 6. The highest BCUT2D eigenvalue weighted by Gasteiger charge is 2.21. The molecule has 4 rings (SSSR count). The van der Waals surface area contributed by atoms with Gasteiger partial charge in [0, 0.05) is 36.5 Å². The molecule has 0 saturated heterocycles. The Hall–Kier alpha value is -3.25. The first-order valence-electron chi connectivity index (χ1n) is 10.9. The molecule has 5 nitrogen and oxygen atoms in total. The summed E-state index contributed by atoms with van der Waals surface area (Å²) in [6, 6.07) is 12.7. The van der Waals surface area contributed by atoms with E-state index in [2.05, 4.69) is 94.7 Å². The van der Waals surface area contributed by atoms with Crippen molar-refractivity contribution in [3.63, 3.8) is 0 Å². The molecule has 0 amide bonds. The van der Waals surface area contributed by atoms with E-state index >= 15 is 0 Å². The summed E-state index contributed by atoms with van der Waals surface area (Å²) in [6.07, 6.45) is 8.62. The molecule has 3 aromatic rings. The van der Waals surface area contributed by atoms with E-state index in [-0.39, 0.29) is 0 Å². The summed E-state index contributed by atoms with van der Waals surface area (Å²) in [5, 5.41) is 0.